The third-order valence-electron chi connectivity index (χ3n) is 12.7. The number of aliphatic hydroxyl groups excluding tert-OH is 1. The van der Waals surface area contributed by atoms with Crippen LogP contribution in [-0.2, 0) is 33.6 Å². The highest BCUT2D eigenvalue weighted by molar-refractivity contribution is 6.43. The van der Waals surface area contributed by atoms with Crippen molar-refractivity contribution in [3.05, 3.63) is 148 Å². The Morgan fingerprint density at radius 3 is 1.85 bits per heavy atom. The Morgan fingerprint density at radius 2 is 1.29 bits per heavy atom. The predicted molar refractivity (Wildman–Crippen MR) is 252 cm³/mol. The van der Waals surface area contributed by atoms with Crippen molar-refractivity contribution in [3.8, 4) is 0 Å². The molecule has 2 aliphatic rings. The van der Waals surface area contributed by atoms with Crippen LogP contribution >= 0.6 is 46.4 Å². The summed E-state index contributed by atoms with van der Waals surface area (Å²) in [7, 11) is 0. The molecule has 65 heavy (non-hydrogen) atoms. The van der Waals surface area contributed by atoms with Gasteiger partial charge in [-0.05, 0) is 97.1 Å². The van der Waals surface area contributed by atoms with E-state index in [-0.39, 0.29) is 93.2 Å². The smallest absolute Gasteiger partial charge is 0.258 e. The lowest BCUT2D eigenvalue weighted by Gasteiger charge is -2.34. The first kappa shape index (κ1) is 46.3. The molecule has 2 saturated heterocycles. The number of carbonyl (C=O) groups is 2. The van der Waals surface area contributed by atoms with Crippen LogP contribution in [0.3, 0.4) is 0 Å². The zero-order chi connectivity index (χ0) is 46.7. The maximum absolute atomic E-state index is 17.4. The number of nitrogens with one attached hydrogen (secondary N) is 2. The van der Waals surface area contributed by atoms with Crippen molar-refractivity contribution < 1.29 is 23.5 Å². The lowest BCUT2D eigenvalue weighted by molar-refractivity contribution is -0.128. The Labute approximate surface area is 392 Å². The molecule has 12 nitrogen and oxygen atoms in total. The molecule has 5 N–H and O–H groups in total. The van der Waals surface area contributed by atoms with Crippen molar-refractivity contribution in [3.63, 3.8) is 0 Å². The first-order valence-corrected chi connectivity index (χ1v) is 22.4. The molecule has 0 saturated carbocycles. The molecule has 340 valence electrons. The second-order valence-electron chi connectivity index (χ2n) is 17.1. The quantitative estimate of drug-likeness (QED) is 0.0746. The van der Waals surface area contributed by atoms with Gasteiger partial charge < -0.3 is 40.4 Å². The number of fused-ring (bicyclic) bond motifs is 2. The standard InChI is InChI=1S/C47H45Cl4F2N7O5/c1-25(60-15-11-29-5-7-32(21-34(29)45(60)65)55-46(12-16-58(23-46)26(2)61)39-37(52)9-8-35(48)41(39)50)18-30-19-36(49)42(51)40(43(30)53)47(13-17-59(24-47)27(3)62)56-31-6-4-28-10-14-57(22-38(54)63)44(64)33(28)20-31/h4-11,14-15,19-21,25,38,55-56,63H,12-13,16-18,22-24,54H2,1-3H3/t25?,38?,46-,47-/m1/s1. The minimum Gasteiger partial charge on any atom is -0.377 e. The van der Waals surface area contributed by atoms with Crippen LogP contribution in [0.2, 0.25) is 20.1 Å². The normalized spacial score (nSPS) is 19.6. The van der Waals surface area contributed by atoms with Gasteiger partial charge in [0.05, 0.1) is 37.7 Å². The fourth-order valence-corrected chi connectivity index (χ4v) is 10.5. The van der Waals surface area contributed by atoms with E-state index in [0.29, 0.717) is 45.9 Å². The zero-order valence-corrected chi connectivity index (χ0v) is 38.6. The second kappa shape index (κ2) is 17.9. The average Bonchev–Trinajstić information content (AvgIpc) is 3.89. The van der Waals surface area contributed by atoms with Crippen LogP contribution in [0, 0.1) is 11.6 Å². The molecule has 0 bridgehead atoms. The molecule has 2 unspecified atom stereocenters. The highest BCUT2D eigenvalue weighted by Crippen LogP contribution is 2.46. The number of likely N-dealkylation sites (tertiary alicyclic amines) is 2. The van der Waals surface area contributed by atoms with Gasteiger partial charge in [-0.1, -0.05) is 58.5 Å². The maximum Gasteiger partial charge on any atom is 0.258 e. The van der Waals surface area contributed by atoms with Crippen LogP contribution < -0.4 is 27.5 Å². The lowest BCUT2D eigenvalue weighted by atomic mass is 9.85. The Bertz CT molecular complexity index is 3040. The summed E-state index contributed by atoms with van der Waals surface area (Å²) in [6.07, 6.45) is 2.47. The van der Waals surface area contributed by atoms with E-state index in [0.717, 1.165) is 0 Å². The van der Waals surface area contributed by atoms with Crippen molar-refractivity contribution >= 4 is 91.1 Å². The minimum atomic E-state index is -1.30. The molecule has 2 aromatic heterocycles. The van der Waals surface area contributed by atoms with Gasteiger partial charge in [0.2, 0.25) is 11.8 Å². The number of anilines is 2. The number of hydrogen-bond acceptors (Lipinski definition) is 8. The van der Waals surface area contributed by atoms with E-state index in [9.17, 15) is 24.3 Å². The number of pyridine rings is 2. The van der Waals surface area contributed by atoms with Crippen molar-refractivity contribution in [1.29, 1.82) is 0 Å². The second-order valence-corrected chi connectivity index (χ2v) is 18.6. The SMILES string of the molecule is CC(=O)N1CC[C@](Nc2ccc3ccn(C(C)Cc4cc(Cl)c(Cl)c([C@@]5(Nc6ccc7ccn(CC(N)O)c(=O)c7c6)CCN(C(C)=O)C5)c4F)c(=O)c3c2)(c2c(F)ccc(Cl)c2Cl)C1. The molecular weight excluding hydrogens is 922 g/mol. The number of benzene rings is 4. The Balaban J connectivity index is 1.14. The van der Waals surface area contributed by atoms with Gasteiger partial charge in [-0.15, -0.1) is 0 Å². The van der Waals surface area contributed by atoms with E-state index >= 15 is 8.78 Å². The van der Waals surface area contributed by atoms with Gasteiger partial charge in [0.25, 0.3) is 11.1 Å². The topological polar surface area (TPSA) is 155 Å². The minimum absolute atomic E-state index is 0.00459. The molecule has 8 rings (SSSR count). The summed E-state index contributed by atoms with van der Waals surface area (Å²) in [4.78, 5) is 56.2. The summed E-state index contributed by atoms with van der Waals surface area (Å²) in [5, 5.41) is 18.7. The van der Waals surface area contributed by atoms with E-state index < -0.39 is 40.5 Å². The van der Waals surface area contributed by atoms with Crippen LogP contribution in [0.1, 0.15) is 56.3 Å². The Morgan fingerprint density at radius 1 is 0.754 bits per heavy atom. The van der Waals surface area contributed by atoms with Crippen LogP contribution in [0.25, 0.3) is 21.5 Å². The summed E-state index contributed by atoms with van der Waals surface area (Å²) >= 11 is 26.7. The molecule has 2 amide bonds. The number of amides is 2. The monoisotopic (exact) mass is 965 g/mol. The first-order valence-electron chi connectivity index (χ1n) is 20.9. The predicted octanol–water partition coefficient (Wildman–Crippen LogP) is 8.41. The number of nitrogens with zero attached hydrogens (tertiary/aromatic N) is 4. The van der Waals surface area contributed by atoms with Gasteiger partial charge >= 0.3 is 0 Å². The van der Waals surface area contributed by atoms with Crippen LogP contribution in [0.4, 0.5) is 20.2 Å². The van der Waals surface area contributed by atoms with Crippen LogP contribution in [-0.4, -0.2) is 68.3 Å². The van der Waals surface area contributed by atoms with E-state index in [2.05, 4.69) is 10.6 Å². The third kappa shape index (κ3) is 8.68. The molecule has 2 aliphatic heterocycles. The fraction of sp³-hybridized carbons (Fsp3) is 0.319. The number of hydrogen-bond donors (Lipinski definition) is 4. The van der Waals surface area contributed by atoms with Gasteiger partial charge in [0, 0.05) is 91.7 Å². The molecule has 0 spiro atoms. The van der Waals surface area contributed by atoms with E-state index in [1.165, 1.54) is 41.2 Å². The first-order chi connectivity index (χ1) is 30.8. The number of rotatable bonds is 11. The van der Waals surface area contributed by atoms with Gasteiger partial charge in [0.1, 0.15) is 17.9 Å². The molecule has 4 aromatic carbocycles. The average molecular weight is 968 g/mol. The Kier molecular flexibility index (Phi) is 12.7. The summed E-state index contributed by atoms with van der Waals surface area (Å²) in [6, 6.07) is 17.2. The number of aliphatic hydroxyl groups is 1. The lowest BCUT2D eigenvalue weighted by Crippen LogP contribution is -2.41. The summed E-state index contributed by atoms with van der Waals surface area (Å²) in [6.45, 7) is 5.23. The Hall–Kier alpha value is -5.22. The molecule has 0 aliphatic carbocycles. The van der Waals surface area contributed by atoms with Gasteiger partial charge in [0.15, 0.2) is 0 Å². The third-order valence-corrected chi connectivity index (χ3v) is 14.3. The van der Waals surface area contributed by atoms with Gasteiger partial charge in [-0.2, -0.15) is 0 Å². The van der Waals surface area contributed by atoms with Gasteiger partial charge in [-0.25, -0.2) is 8.78 Å². The van der Waals surface area contributed by atoms with Crippen molar-refractivity contribution in [2.24, 2.45) is 5.73 Å². The largest absolute Gasteiger partial charge is 0.377 e. The van der Waals surface area contributed by atoms with Crippen molar-refractivity contribution in [1.82, 2.24) is 18.9 Å². The summed E-state index contributed by atoms with van der Waals surface area (Å²) in [5.74, 6) is -1.68. The molecule has 2 fully saturated rings. The summed E-state index contributed by atoms with van der Waals surface area (Å²) in [5.41, 5.74) is 3.57. The number of halogens is 6. The highest BCUT2D eigenvalue weighted by atomic mass is 35.5. The van der Waals surface area contributed by atoms with E-state index in [4.69, 9.17) is 52.1 Å². The van der Waals surface area contributed by atoms with Crippen LogP contribution in [0.5, 0.6) is 0 Å². The number of aromatic nitrogens is 2. The van der Waals surface area contributed by atoms with E-state index in [1.807, 2.05) is 0 Å². The zero-order valence-electron chi connectivity index (χ0n) is 35.5. The maximum atomic E-state index is 17.4. The molecule has 6 aromatic rings. The molecule has 4 heterocycles. The number of carbonyl (C=O) groups excluding carboxylic acids is 2. The van der Waals surface area contributed by atoms with E-state index in [1.54, 1.807) is 77.6 Å². The fourth-order valence-electron chi connectivity index (χ4n) is 9.44. The van der Waals surface area contributed by atoms with Crippen molar-refractivity contribution in [2.75, 3.05) is 36.8 Å². The molecule has 18 heteroatoms. The molecule has 4 atom stereocenters. The number of nitrogens with two attached hydrogens (primary N) is 1. The summed E-state index contributed by atoms with van der Waals surface area (Å²) < 4.78 is 35.8. The van der Waals surface area contributed by atoms with Gasteiger partial charge in [-0.3, -0.25) is 19.2 Å². The molecular formula is C47H45Cl4F2N7O5. The molecule has 0 radical (unpaired) electrons. The van der Waals surface area contributed by atoms with Crippen molar-refractivity contribution in [2.45, 2.75) is 69.9 Å². The highest BCUT2D eigenvalue weighted by Gasteiger charge is 2.46. The van der Waals surface area contributed by atoms with Crippen LogP contribution in [0.15, 0.2) is 88.7 Å².